The maximum atomic E-state index is 13.8. The maximum absolute atomic E-state index is 13.8. The van der Waals surface area contributed by atoms with Crippen molar-refractivity contribution in [3.8, 4) is 6.07 Å². The van der Waals surface area contributed by atoms with E-state index < -0.39 is 23.8 Å². The molecule has 1 aromatic rings. The standard InChI is InChI=1S/C16H18FN3O2/c1-2-14(20-9-5-8-15(20)21)16(22)19-13(10-18)11-6-3-4-7-12(11)17/h3-4,6-7,13-14H,2,5,8-9H2,1H3,(H,19,22)/t13-,14+/m0/s1. The lowest BCUT2D eigenvalue weighted by Crippen LogP contribution is -2.48. The predicted octanol–water partition coefficient (Wildman–Crippen LogP) is 1.91. The van der Waals surface area contributed by atoms with Gasteiger partial charge in [-0.05, 0) is 18.9 Å². The van der Waals surface area contributed by atoms with E-state index in [1.807, 2.05) is 6.07 Å². The van der Waals surface area contributed by atoms with E-state index in [0.717, 1.165) is 6.42 Å². The molecule has 0 aliphatic carbocycles. The van der Waals surface area contributed by atoms with Crippen LogP contribution in [0.5, 0.6) is 0 Å². The molecule has 1 aliphatic heterocycles. The minimum absolute atomic E-state index is 0.0543. The number of carbonyl (C=O) groups excluding carboxylic acids is 2. The second kappa shape index (κ2) is 7.03. The highest BCUT2D eigenvalue weighted by molar-refractivity contribution is 5.88. The van der Waals surface area contributed by atoms with Gasteiger partial charge in [-0.1, -0.05) is 25.1 Å². The topological polar surface area (TPSA) is 73.2 Å². The molecule has 0 aromatic heterocycles. The van der Waals surface area contributed by atoms with Crippen LogP contribution in [-0.2, 0) is 9.59 Å². The smallest absolute Gasteiger partial charge is 0.244 e. The Labute approximate surface area is 128 Å². The zero-order valence-electron chi connectivity index (χ0n) is 12.4. The van der Waals surface area contributed by atoms with Crippen LogP contribution < -0.4 is 5.32 Å². The maximum Gasteiger partial charge on any atom is 0.244 e. The van der Waals surface area contributed by atoms with Gasteiger partial charge < -0.3 is 10.2 Å². The molecular formula is C16H18FN3O2. The van der Waals surface area contributed by atoms with Crippen molar-refractivity contribution in [2.45, 2.75) is 38.3 Å². The highest BCUT2D eigenvalue weighted by Crippen LogP contribution is 2.19. The molecule has 22 heavy (non-hydrogen) atoms. The molecule has 1 aromatic carbocycles. The van der Waals surface area contributed by atoms with Crippen LogP contribution in [-0.4, -0.2) is 29.3 Å². The summed E-state index contributed by atoms with van der Waals surface area (Å²) in [6.07, 6.45) is 1.63. The number of carbonyl (C=O) groups is 2. The van der Waals surface area contributed by atoms with Gasteiger partial charge in [0.25, 0.3) is 0 Å². The third-order valence-corrected chi connectivity index (χ3v) is 3.81. The molecule has 1 N–H and O–H groups in total. The SMILES string of the molecule is CC[C@H](C(=O)N[C@@H](C#N)c1ccccc1F)N1CCCC1=O. The average Bonchev–Trinajstić information content (AvgIpc) is 2.92. The van der Waals surface area contributed by atoms with E-state index in [4.69, 9.17) is 0 Å². The summed E-state index contributed by atoms with van der Waals surface area (Å²) < 4.78 is 13.8. The fraction of sp³-hybridized carbons (Fsp3) is 0.438. The number of hydrogen-bond acceptors (Lipinski definition) is 3. The lowest BCUT2D eigenvalue weighted by molar-refractivity contribution is -0.137. The minimum atomic E-state index is -1.07. The molecule has 0 spiro atoms. The van der Waals surface area contributed by atoms with Crippen molar-refractivity contribution >= 4 is 11.8 Å². The van der Waals surface area contributed by atoms with Crippen molar-refractivity contribution in [3.05, 3.63) is 35.6 Å². The summed E-state index contributed by atoms with van der Waals surface area (Å²) in [5, 5.41) is 11.8. The Balaban J connectivity index is 2.13. The third kappa shape index (κ3) is 3.25. The zero-order chi connectivity index (χ0) is 16.1. The summed E-state index contributed by atoms with van der Waals surface area (Å²) in [7, 11) is 0. The summed E-state index contributed by atoms with van der Waals surface area (Å²) in [4.78, 5) is 25.7. The van der Waals surface area contributed by atoms with Gasteiger partial charge in [0.2, 0.25) is 11.8 Å². The van der Waals surface area contributed by atoms with Crippen LogP contribution in [0, 0.1) is 17.1 Å². The molecule has 1 saturated heterocycles. The number of likely N-dealkylation sites (tertiary alicyclic amines) is 1. The van der Waals surface area contributed by atoms with E-state index in [-0.39, 0.29) is 11.5 Å². The molecule has 1 heterocycles. The second-order valence-corrected chi connectivity index (χ2v) is 5.21. The first-order valence-corrected chi connectivity index (χ1v) is 7.32. The van der Waals surface area contributed by atoms with Crippen molar-refractivity contribution < 1.29 is 14.0 Å². The summed E-state index contributed by atoms with van der Waals surface area (Å²) in [5.41, 5.74) is 0.126. The van der Waals surface area contributed by atoms with Crippen molar-refractivity contribution in [1.82, 2.24) is 10.2 Å². The number of nitrogens with one attached hydrogen (secondary N) is 1. The molecule has 0 radical (unpaired) electrons. The Hall–Kier alpha value is -2.42. The fourth-order valence-electron chi connectivity index (χ4n) is 2.67. The number of rotatable bonds is 5. The molecule has 0 bridgehead atoms. The summed E-state index contributed by atoms with van der Waals surface area (Å²) in [6.45, 7) is 2.35. The van der Waals surface area contributed by atoms with Gasteiger partial charge in [-0.15, -0.1) is 0 Å². The van der Waals surface area contributed by atoms with Crippen LogP contribution in [0.25, 0.3) is 0 Å². The molecule has 116 valence electrons. The van der Waals surface area contributed by atoms with Gasteiger partial charge in [0, 0.05) is 18.5 Å². The number of benzene rings is 1. The number of nitrogens with zero attached hydrogens (tertiary/aromatic N) is 2. The molecule has 1 fully saturated rings. The fourth-order valence-corrected chi connectivity index (χ4v) is 2.67. The van der Waals surface area contributed by atoms with E-state index in [0.29, 0.717) is 19.4 Å². The van der Waals surface area contributed by atoms with E-state index >= 15 is 0 Å². The second-order valence-electron chi connectivity index (χ2n) is 5.21. The average molecular weight is 303 g/mol. The Kier molecular flexibility index (Phi) is 5.10. The molecule has 0 unspecified atom stereocenters. The van der Waals surface area contributed by atoms with Crippen LogP contribution in [0.15, 0.2) is 24.3 Å². The minimum Gasteiger partial charge on any atom is -0.335 e. The Morgan fingerprint density at radius 3 is 2.77 bits per heavy atom. The lowest BCUT2D eigenvalue weighted by Gasteiger charge is -2.26. The molecule has 5 nitrogen and oxygen atoms in total. The van der Waals surface area contributed by atoms with E-state index in [1.165, 1.54) is 23.1 Å². The number of nitriles is 1. The van der Waals surface area contributed by atoms with Crippen molar-refractivity contribution in [2.24, 2.45) is 0 Å². The van der Waals surface area contributed by atoms with Crippen molar-refractivity contribution in [3.63, 3.8) is 0 Å². The van der Waals surface area contributed by atoms with Gasteiger partial charge in [-0.3, -0.25) is 9.59 Å². The van der Waals surface area contributed by atoms with Crippen molar-refractivity contribution in [1.29, 1.82) is 5.26 Å². The van der Waals surface area contributed by atoms with E-state index in [9.17, 15) is 19.2 Å². The molecule has 2 rings (SSSR count). The zero-order valence-corrected chi connectivity index (χ0v) is 12.4. The van der Waals surface area contributed by atoms with Crippen LogP contribution in [0.3, 0.4) is 0 Å². The predicted molar refractivity (Wildman–Crippen MR) is 77.9 cm³/mol. The molecule has 0 saturated carbocycles. The molecule has 1 aliphatic rings. The van der Waals surface area contributed by atoms with E-state index in [1.54, 1.807) is 13.0 Å². The van der Waals surface area contributed by atoms with E-state index in [2.05, 4.69) is 5.32 Å². The number of amides is 2. The Morgan fingerprint density at radius 1 is 1.50 bits per heavy atom. The first kappa shape index (κ1) is 16.0. The first-order chi connectivity index (χ1) is 10.6. The Bertz CT molecular complexity index is 612. The Morgan fingerprint density at radius 2 is 2.23 bits per heavy atom. The molecule has 2 atom stereocenters. The van der Waals surface area contributed by atoms with Crippen LogP contribution in [0.1, 0.15) is 37.8 Å². The van der Waals surface area contributed by atoms with Gasteiger partial charge in [0.05, 0.1) is 6.07 Å². The van der Waals surface area contributed by atoms with Crippen LogP contribution in [0.4, 0.5) is 4.39 Å². The highest BCUT2D eigenvalue weighted by Gasteiger charge is 2.32. The third-order valence-electron chi connectivity index (χ3n) is 3.81. The summed E-state index contributed by atoms with van der Waals surface area (Å²) in [5.74, 6) is -1.02. The lowest BCUT2D eigenvalue weighted by atomic mass is 10.1. The largest absolute Gasteiger partial charge is 0.335 e. The van der Waals surface area contributed by atoms with Crippen LogP contribution in [0.2, 0.25) is 0 Å². The van der Waals surface area contributed by atoms with Gasteiger partial charge >= 0.3 is 0 Å². The quantitative estimate of drug-likeness (QED) is 0.903. The normalized spacial score (nSPS) is 17.0. The van der Waals surface area contributed by atoms with Crippen LogP contribution >= 0.6 is 0 Å². The van der Waals surface area contributed by atoms with Gasteiger partial charge in [-0.25, -0.2) is 4.39 Å². The summed E-state index contributed by atoms with van der Waals surface area (Å²) >= 11 is 0. The molecular weight excluding hydrogens is 285 g/mol. The van der Waals surface area contributed by atoms with Gasteiger partial charge in [0.15, 0.2) is 0 Å². The van der Waals surface area contributed by atoms with Crippen molar-refractivity contribution in [2.75, 3.05) is 6.54 Å². The van der Waals surface area contributed by atoms with Gasteiger partial charge in [0.1, 0.15) is 17.9 Å². The van der Waals surface area contributed by atoms with Gasteiger partial charge in [-0.2, -0.15) is 5.26 Å². The first-order valence-electron chi connectivity index (χ1n) is 7.32. The highest BCUT2D eigenvalue weighted by atomic mass is 19.1. The molecule has 2 amide bonds. The summed E-state index contributed by atoms with van der Waals surface area (Å²) in [6, 6.07) is 6.05. The molecule has 6 heteroatoms. The monoisotopic (exact) mass is 303 g/mol. The number of halogens is 1. The number of hydrogen-bond donors (Lipinski definition) is 1.